The van der Waals surface area contributed by atoms with Crippen molar-refractivity contribution in [3.8, 4) is 5.75 Å². The van der Waals surface area contributed by atoms with Gasteiger partial charge >= 0.3 is 0 Å². The van der Waals surface area contributed by atoms with Crippen LogP contribution in [0.25, 0.3) is 0 Å². The summed E-state index contributed by atoms with van der Waals surface area (Å²) >= 11 is 1.37. The minimum atomic E-state index is -0.486. The Morgan fingerprint density at radius 2 is 1.66 bits per heavy atom. The first-order valence-corrected chi connectivity index (χ1v) is 11.3. The fourth-order valence-corrected chi connectivity index (χ4v) is 4.63. The number of nitrogens with zero attached hydrogens (tertiary/aromatic N) is 2. The number of amides is 3. The Morgan fingerprint density at radius 1 is 1.03 bits per heavy atom. The molecule has 1 saturated heterocycles. The van der Waals surface area contributed by atoms with Crippen LogP contribution in [0.4, 0.5) is 11.4 Å². The van der Waals surface area contributed by atoms with Crippen molar-refractivity contribution in [2.24, 2.45) is 4.99 Å². The first-order chi connectivity index (χ1) is 15.5. The van der Waals surface area contributed by atoms with Gasteiger partial charge in [-0.15, -0.1) is 0 Å². The SMILES string of the molecule is COc1ccc(NC(=O)c2ccc(NC(=O)C[C@@H]3SC(N4CCCC4)=NC3=O)cc2)cc1. The molecule has 0 aliphatic carbocycles. The number of thioether (sulfide) groups is 1. The van der Waals surface area contributed by atoms with E-state index in [2.05, 4.69) is 20.5 Å². The van der Waals surface area contributed by atoms with Gasteiger partial charge in [0.25, 0.3) is 11.8 Å². The molecule has 0 radical (unpaired) electrons. The lowest BCUT2D eigenvalue weighted by Gasteiger charge is -2.16. The van der Waals surface area contributed by atoms with Crippen LogP contribution in [0.3, 0.4) is 0 Å². The standard InChI is InChI=1S/C23H24N4O4S/c1-31-18-10-8-17(9-11-18)25-21(29)15-4-6-16(7-5-15)24-20(28)14-19-22(30)26-23(32-19)27-12-2-3-13-27/h4-11,19H,2-3,12-14H2,1H3,(H,24,28)(H,25,29)/t19-/m0/s1. The van der Waals surface area contributed by atoms with Crippen LogP contribution in [0.5, 0.6) is 5.75 Å². The molecule has 2 aliphatic heterocycles. The summed E-state index contributed by atoms with van der Waals surface area (Å²) in [5.41, 5.74) is 1.68. The van der Waals surface area contributed by atoms with Gasteiger partial charge < -0.3 is 20.3 Å². The quantitative estimate of drug-likeness (QED) is 0.697. The Labute approximate surface area is 190 Å². The molecule has 2 N–H and O–H groups in total. The molecular formula is C23H24N4O4S. The molecule has 8 nitrogen and oxygen atoms in total. The highest BCUT2D eigenvalue weighted by atomic mass is 32.2. The van der Waals surface area contributed by atoms with Gasteiger partial charge in [-0.1, -0.05) is 11.8 Å². The number of benzene rings is 2. The summed E-state index contributed by atoms with van der Waals surface area (Å²) in [5, 5.41) is 5.85. The number of rotatable bonds is 6. The van der Waals surface area contributed by atoms with E-state index in [0.29, 0.717) is 22.7 Å². The zero-order chi connectivity index (χ0) is 22.5. The van der Waals surface area contributed by atoms with E-state index < -0.39 is 5.25 Å². The van der Waals surface area contributed by atoms with Crippen molar-refractivity contribution in [1.82, 2.24) is 4.90 Å². The second kappa shape index (κ2) is 9.86. The Bertz CT molecular complexity index is 1030. The van der Waals surface area contributed by atoms with Crippen LogP contribution in [0.2, 0.25) is 0 Å². The number of methoxy groups -OCH3 is 1. The number of ether oxygens (including phenoxy) is 1. The van der Waals surface area contributed by atoms with E-state index in [0.717, 1.165) is 31.1 Å². The summed E-state index contributed by atoms with van der Waals surface area (Å²) < 4.78 is 5.10. The van der Waals surface area contributed by atoms with E-state index >= 15 is 0 Å². The number of carbonyl (C=O) groups excluding carboxylic acids is 3. The van der Waals surface area contributed by atoms with Crippen molar-refractivity contribution in [3.63, 3.8) is 0 Å². The first kappa shape index (κ1) is 21.9. The molecule has 1 atom stereocenters. The molecule has 0 aromatic heterocycles. The smallest absolute Gasteiger partial charge is 0.262 e. The van der Waals surface area contributed by atoms with E-state index in [-0.39, 0.29) is 24.1 Å². The largest absolute Gasteiger partial charge is 0.497 e. The number of likely N-dealkylation sites (tertiary alicyclic amines) is 1. The summed E-state index contributed by atoms with van der Waals surface area (Å²) in [5.74, 6) is -0.0611. The van der Waals surface area contributed by atoms with Gasteiger partial charge in [-0.3, -0.25) is 14.4 Å². The Kier molecular flexibility index (Phi) is 6.75. The second-order valence-corrected chi connectivity index (χ2v) is 8.72. The first-order valence-electron chi connectivity index (χ1n) is 10.4. The van der Waals surface area contributed by atoms with E-state index in [1.807, 2.05) is 0 Å². The summed E-state index contributed by atoms with van der Waals surface area (Å²) in [6.45, 7) is 1.83. The lowest BCUT2D eigenvalue weighted by Crippen LogP contribution is -2.25. The van der Waals surface area contributed by atoms with Crippen molar-refractivity contribution in [3.05, 3.63) is 54.1 Å². The van der Waals surface area contributed by atoms with Crippen molar-refractivity contribution in [2.75, 3.05) is 30.8 Å². The molecule has 9 heteroatoms. The van der Waals surface area contributed by atoms with Crippen molar-refractivity contribution in [1.29, 1.82) is 0 Å². The molecular weight excluding hydrogens is 428 g/mol. The van der Waals surface area contributed by atoms with Gasteiger partial charge in [-0.25, -0.2) is 0 Å². The lowest BCUT2D eigenvalue weighted by molar-refractivity contribution is -0.121. The molecule has 4 rings (SSSR count). The number of amidine groups is 1. The van der Waals surface area contributed by atoms with Gasteiger partial charge in [0.1, 0.15) is 11.0 Å². The number of hydrogen-bond donors (Lipinski definition) is 2. The normalized spacial score (nSPS) is 17.8. The van der Waals surface area contributed by atoms with Gasteiger partial charge in [0.15, 0.2) is 5.17 Å². The van der Waals surface area contributed by atoms with Gasteiger partial charge in [-0.05, 0) is 61.4 Å². The third-order valence-corrected chi connectivity index (χ3v) is 6.47. The topological polar surface area (TPSA) is 100 Å². The minimum Gasteiger partial charge on any atom is -0.497 e. The number of nitrogens with one attached hydrogen (secondary N) is 2. The Balaban J connectivity index is 1.28. The predicted octanol–water partition coefficient (Wildman–Crippen LogP) is 3.37. The Morgan fingerprint density at radius 3 is 2.31 bits per heavy atom. The van der Waals surface area contributed by atoms with E-state index in [1.165, 1.54) is 11.8 Å². The molecule has 166 valence electrons. The third-order valence-electron chi connectivity index (χ3n) is 5.26. The van der Waals surface area contributed by atoms with Gasteiger partial charge in [0, 0.05) is 36.4 Å². The van der Waals surface area contributed by atoms with Crippen molar-refractivity contribution in [2.45, 2.75) is 24.5 Å². The molecule has 0 bridgehead atoms. The minimum absolute atomic E-state index is 0.0596. The van der Waals surface area contributed by atoms with Crippen LogP contribution in [-0.4, -0.2) is 53.2 Å². The predicted molar refractivity (Wildman–Crippen MR) is 125 cm³/mol. The number of carbonyl (C=O) groups is 3. The maximum absolute atomic E-state index is 12.4. The van der Waals surface area contributed by atoms with E-state index in [1.54, 1.807) is 55.6 Å². The van der Waals surface area contributed by atoms with Crippen LogP contribution in [-0.2, 0) is 9.59 Å². The fourth-order valence-electron chi connectivity index (χ4n) is 3.52. The fraction of sp³-hybridized carbons (Fsp3) is 0.304. The van der Waals surface area contributed by atoms with Gasteiger partial charge in [-0.2, -0.15) is 4.99 Å². The van der Waals surface area contributed by atoms with Crippen molar-refractivity contribution >= 4 is 46.0 Å². The number of anilines is 2. The molecule has 2 aromatic carbocycles. The third kappa shape index (κ3) is 5.28. The summed E-state index contributed by atoms with van der Waals surface area (Å²) in [7, 11) is 1.58. The van der Waals surface area contributed by atoms with Crippen LogP contribution in [0, 0.1) is 0 Å². The number of hydrogen-bond acceptors (Lipinski definition) is 6. The highest BCUT2D eigenvalue weighted by Crippen LogP contribution is 2.29. The molecule has 1 fully saturated rings. The summed E-state index contributed by atoms with van der Waals surface area (Å²) in [6, 6.07) is 13.6. The summed E-state index contributed by atoms with van der Waals surface area (Å²) in [6.07, 6.45) is 2.27. The average Bonchev–Trinajstić information content (AvgIpc) is 3.45. The Hall–Kier alpha value is -3.33. The molecule has 0 saturated carbocycles. The molecule has 2 aliphatic rings. The van der Waals surface area contributed by atoms with Crippen molar-refractivity contribution < 1.29 is 19.1 Å². The van der Waals surface area contributed by atoms with Gasteiger partial charge in [0.2, 0.25) is 5.91 Å². The maximum Gasteiger partial charge on any atom is 0.262 e. The monoisotopic (exact) mass is 452 g/mol. The zero-order valence-corrected chi connectivity index (χ0v) is 18.5. The molecule has 2 aromatic rings. The molecule has 0 spiro atoms. The van der Waals surface area contributed by atoms with E-state index in [4.69, 9.17) is 4.74 Å². The van der Waals surface area contributed by atoms with Crippen LogP contribution < -0.4 is 15.4 Å². The van der Waals surface area contributed by atoms with E-state index in [9.17, 15) is 14.4 Å². The second-order valence-electron chi connectivity index (χ2n) is 7.55. The zero-order valence-electron chi connectivity index (χ0n) is 17.7. The summed E-state index contributed by atoms with van der Waals surface area (Å²) in [4.78, 5) is 43.2. The average molecular weight is 453 g/mol. The highest BCUT2D eigenvalue weighted by molar-refractivity contribution is 8.15. The van der Waals surface area contributed by atoms with Crippen LogP contribution >= 0.6 is 11.8 Å². The van der Waals surface area contributed by atoms with Crippen LogP contribution in [0.15, 0.2) is 53.5 Å². The molecule has 0 unspecified atom stereocenters. The molecule has 32 heavy (non-hydrogen) atoms. The number of aliphatic imine (C=N–C) groups is 1. The highest BCUT2D eigenvalue weighted by Gasteiger charge is 2.33. The molecule has 3 amide bonds. The maximum atomic E-state index is 12.4. The molecule has 2 heterocycles. The lowest BCUT2D eigenvalue weighted by atomic mass is 10.1. The van der Waals surface area contributed by atoms with Gasteiger partial charge in [0.05, 0.1) is 7.11 Å². The van der Waals surface area contributed by atoms with Crippen LogP contribution in [0.1, 0.15) is 29.6 Å².